The molecule has 0 spiro atoms. The van der Waals surface area contributed by atoms with Crippen molar-refractivity contribution in [3.05, 3.63) is 23.8 Å². The second-order valence-corrected chi connectivity index (χ2v) is 4.96. The first-order valence-electron chi connectivity index (χ1n) is 6.57. The molecule has 0 bridgehead atoms. The summed E-state index contributed by atoms with van der Waals surface area (Å²) < 4.78 is 33.8. The minimum atomic E-state index is -2.92. The van der Waals surface area contributed by atoms with Crippen molar-refractivity contribution in [2.75, 3.05) is 7.11 Å². The third kappa shape index (κ3) is 3.41. The molecule has 1 aliphatic carbocycles. The maximum absolute atomic E-state index is 12.2. The van der Waals surface area contributed by atoms with Crippen LogP contribution in [0.5, 0.6) is 11.5 Å². The average Bonchev–Trinajstić information content (AvgIpc) is 2.37. The van der Waals surface area contributed by atoms with E-state index in [0.717, 1.165) is 12.0 Å². The van der Waals surface area contributed by atoms with Crippen LogP contribution in [0.2, 0.25) is 0 Å². The van der Waals surface area contributed by atoms with Crippen LogP contribution in [0.15, 0.2) is 18.2 Å². The molecule has 5 nitrogen and oxygen atoms in total. The number of carboxylic acids is 1. The molecule has 116 valence electrons. The Morgan fingerprint density at radius 2 is 2.14 bits per heavy atom. The number of benzene rings is 1. The third-order valence-corrected chi connectivity index (χ3v) is 3.69. The van der Waals surface area contributed by atoms with E-state index < -0.39 is 18.1 Å². The first-order valence-corrected chi connectivity index (χ1v) is 6.57. The second-order valence-electron chi connectivity index (χ2n) is 4.96. The summed E-state index contributed by atoms with van der Waals surface area (Å²) in [6, 6.07) is 4.54. The van der Waals surface area contributed by atoms with Gasteiger partial charge in [-0.3, -0.25) is 10.1 Å². The summed E-state index contributed by atoms with van der Waals surface area (Å²) >= 11 is 0. The van der Waals surface area contributed by atoms with E-state index in [1.165, 1.54) is 13.2 Å². The van der Waals surface area contributed by atoms with Crippen molar-refractivity contribution >= 4 is 5.97 Å². The van der Waals surface area contributed by atoms with Crippen LogP contribution in [0.4, 0.5) is 8.78 Å². The van der Waals surface area contributed by atoms with Crippen LogP contribution in [0.25, 0.3) is 0 Å². The standard InChI is InChI=1S/C14H17F2NO4/c1-20-11-7-9(3-4-10(11)21-13(15)16)8-17-14(12(18)19)5-2-6-14/h3-4,7,13,17H,2,5-6,8H2,1H3,(H,18,19). The van der Waals surface area contributed by atoms with Crippen molar-refractivity contribution in [2.45, 2.75) is 38.0 Å². The van der Waals surface area contributed by atoms with Gasteiger partial charge < -0.3 is 14.6 Å². The molecule has 7 heteroatoms. The Balaban J connectivity index is 2.05. The molecule has 0 heterocycles. The van der Waals surface area contributed by atoms with E-state index in [4.69, 9.17) is 4.74 Å². The lowest BCUT2D eigenvalue weighted by Gasteiger charge is -2.38. The van der Waals surface area contributed by atoms with E-state index in [9.17, 15) is 18.7 Å². The number of hydrogen-bond donors (Lipinski definition) is 2. The van der Waals surface area contributed by atoms with Gasteiger partial charge in [0.05, 0.1) is 7.11 Å². The van der Waals surface area contributed by atoms with Crippen molar-refractivity contribution in [3.8, 4) is 11.5 Å². The molecule has 2 rings (SSSR count). The summed E-state index contributed by atoms with van der Waals surface area (Å²) in [6.45, 7) is -2.61. The van der Waals surface area contributed by atoms with E-state index in [1.54, 1.807) is 12.1 Å². The average molecular weight is 301 g/mol. The van der Waals surface area contributed by atoms with Crippen molar-refractivity contribution in [1.29, 1.82) is 0 Å². The van der Waals surface area contributed by atoms with E-state index >= 15 is 0 Å². The molecule has 1 aliphatic rings. The number of ether oxygens (including phenoxy) is 2. The number of nitrogens with one attached hydrogen (secondary N) is 1. The van der Waals surface area contributed by atoms with Crippen LogP contribution >= 0.6 is 0 Å². The highest BCUT2D eigenvalue weighted by Gasteiger charge is 2.43. The number of halogens is 2. The van der Waals surface area contributed by atoms with E-state index in [0.29, 0.717) is 19.4 Å². The number of aliphatic carboxylic acids is 1. The molecule has 0 amide bonds. The number of carbonyl (C=O) groups is 1. The SMILES string of the molecule is COc1cc(CNC2(C(=O)O)CCC2)ccc1OC(F)F. The largest absolute Gasteiger partial charge is 0.493 e. The Labute approximate surface area is 120 Å². The maximum Gasteiger partial charge on any atom is 0.387 e. The predicted molar refractivity (Wildman–Crippen MR) is 70.7 cm³/mol. The molecular formula is C14H17F2NO4. The Morgan fingerprint density at radius 3 is 2.62 bits per heavy atom. The number of hydrogen-bond acceptors (Lipinski definition) is 4. The van der Waals surface area contributed by atoms with Crippen LogP contribution in [0.3, 0.4) is 0 Å². The van der Waals surface area contributed by atoms with Gasteiger partial charge >= 0.3 is 12.6 Å². The first-order chi connectivity index (χ1) is 9.97. The molecule has 0 unspecified atom stereocenters. The van der Waals surface area contributed by atoms with E-state index in [1.807, 2.05) is 0 Å². The van der Waals surface area contributed by atoms with Gasteiger partial charge in [0, 0.05) is 6.54 Å². The van der Waals surface area contributed by atoms with Gasteiger partial charge in [-0.1, -0.05) is 6.07 Å². The summed E-state index contributed by atoms with van der Waals surface area (Å²) in [5.74, 6) is -0.723. The van der Waals surface area contributed by atoms with Crippen molar-refractivity contribution in [3.63, 3.8) is 0 Å². The summed E-state index contributed by atoms with van der Waals surface area (Å²) in [4.78, 5) is 11.2. The highest BCUT2D eigenvalue weighted by molar-refractivity contribution is 5.80. The van der Waals surface area contributed by atoms with E-state index in [2.05, 4.69) is 10.1 Å². The minimum absolute atomic E-state index is 0.0483. The fourth-order valence-corrected chi connectivity index (χ4v) is 2.28. The molecule has 21 heavy (non-hydrogen) atoms. The molecule has 1 fully saturated rings. The molecule has 1 aromatic carbocycles. The monoisotopic (exact) mass is 301 g/mol. The Morgan fingerprint density at radius 1 is 1.43 bits per heavy atom. The fraction of sp³-hybridized carbons (Fsp3) is 0.500. The molecule has 2 N–H and O–H groups in total. The summed E-state index contributed by atoms with van der Waals surface area (Å²) in [7, 11) is 1.36. The van der Waals surface area contributed by atoms with Crippen LogP contribution in [-0.2, 0) is 11.3 Å². The fourth-order valence-electron chi connectivity index (χ4n) is 2.28. The normalized spacial score (nSPS) is 16.4. The topological polar surface area (TPSA) is 67.8 Å². The lowest BCUT2D eigenvalue weighted by Crippen LogP contribution is -2.56. The molecular weight excluding hydrogens is 284 g/mol. The Bertz CT molecular complexity index is 518. The van der Waals surface area contributed by atoms with Gasteiger partial charge in [-0.2, -0.15) is 8.78 Å². The molecule has 0 radical (unpaired) electrons. The molecule has 0 aromatic heterocycles. The van der Waals surface area contributed by atoms with Crippen LogP contribution < -0.4 is 14.8 Å². The van der Waals surface area contributed by atoms with Crippen molar-refractivity contribution < 1.29 is 28.2 Å². The third-order valence-electron chi connectivity index (χ3n) is 3.69. The summed E-state index contributed by atoms with van der Waals surface area (Å²) in [5, 5.41) is 12.2. The second kappa shape index (κ2) is 6.26. The quantitative estimate of drug-likeness (QED) is 0.809. The van der Waals surface area contributed by atoms with Gasteiger partial charge in [-0.25, -0.2) is 0 Å². The lowest BCUT2D eigenvalue weighted by atomic mass is 9.76. The Hall–Kier alpha value is -1.89. The molecule has 0 aliphatic heterocycles. The molecule has 0 saturated heterocycles. The van der Waals surface area contributed by atoms with Gasteiger partial charge in [0.1, 0.15) is 5.54 Å². The Kier molecular flexibility index (Phi) is 4.62. The van der Waals surface area contributed by atoms with Gasteiger partial charge in [-0.05, 0) is 37.0 Å². The highest BCUT2D eigenvalue weighted by Crippen LogP contribution is 2.33. The highest BCUT2D eigenvalue weighted by atomic mass is 19.3. The summed E-state index contributed by atoms with van der Waals surface area (Å²) in [6.07, 6.45) is 2.06. The van der Waals surface area contributed by atoms with Crippen molar-refractivity contribution in [2.24, 2.45) is 0 Å². The summed E-state index contributed by atoms with van der Waals surface area (Å²) in [5.41, 5.74) is -0.133. The molecule has 1 aromatic rings. The number of alkyl halides is 2. The van der Waals surface area contributed by atoms with E-state index in [-0.39, 0.29) is 11.5 Å². The van der Waals surface area contributed by atoms with Crippen LogP contribution in [-0.4, -0.2) is 30.3 Å². The number of carboxylic acid groups (broad SMARTS) is 1. The number of rotatable bonds is 7. The zero-order valence-electron chi connectivity index (χ0n) is 11.6. The lowest BCUT2D eigenvalue weighted by molar-refractivity contribution is -0.148. The minimum Gasteiger partial charge on any atom is -0.493 e. The predicted octanol–water partition coefficient (Wildman–Crippen LogP) is 2.39. The van der Waals surface area contributed by atoms with Crippen LogP contribution in [0.1, 0.15) is 24.8 Å². The van der Waals surface area contributed by atoms with Gasteiger partial charge in [0.15, 0.2) is 11.5 Å². The van der Waals surface area contributed by atoms with Crippen LogP contribution in [0, 0.1) is 0 Å². The zero-order chi connectivity index (χ0) is 15.5. The van der Waals surface area contributed by atoms with Gasteiger partial charge in [0.25, 0.3) is 0 Å². The molecule has 1 saturated carbocycles. The molecule has 0 atom stereocenters. The van der Waals surface area contributed by atoms with Gasteiger partial charge in [-0.15, -0.1) is 0 Å². The maximum atomic E-state index is 12.2. The van der Waals surface area contributed by atoms with Gasteiger partial charge in [0.2, 0.25) is 0 Å². The zero-order valence-corrected chi connectivity index (χ0v) is 11.6. The smallest absolute Gasteiger partial charge is 0.387 e. The first kappa shape index (κ1) is 15.5. The number of methoxy groups -OCH3 is 1. The van der Waals surface area contributed by atoms with Crippen molar-refractivity contribution in [1.82, 2.24) is 5.32 Å².